The fraction of sp³-hybridized carbons (Fsp3) is 0.250. The lowest BCUT2D eigenvalue weighted by molar-refractivity contribution is -0.129. The standard InChI is InChI=1S/C12H10Cl2N2O3S2/c1-6(11(17)15-5-7-3-2-4-20-7)19-12(18)9-8(13)10(14)21-16-9/h2-4,6H,5H2,1H3,(H,15,17)/t6-/m1/s1. The predicted octanol–water partition coefficient (Wildman–Crippen LogP) is 3.37. The SMILES string of the molecule is C[C@@H](OC(=O)c1nsc(Cl)c1Cl)C(=O)NCc1cccs1. The first kappa shape index (κ1) is 16.2. The van der Waals surface area contributed by atoms with E-state index in [0.29, 0.717) is 6.54 Å². The van der Waals surface area contributed by atoms with Gasteiger partial charge in [-0.25, -0.2) is 4.79 Å². The van der Waals surface area contributed by atoms with Gasteiger partial charge in [-0.15, -0.1) is 11.3 Å². The molecule has 2 rings (SSSR count). The van der Waals surface area contributed by atoms with E-state index in [1.54, 1.807) is 0 Å². The maximum absolute atomic E-state index is 11.8. The third-order valence-electron chi connectivity index (χ3n) is 2.46. The number of ether oxygens (including phenoxy) is 1. The summed E-state index contributed by atoms with van der Waals surface area (Å²) in [5.41, 5.74) is -0.0791. The molecule has 2 aromatic rings. The highest BCUT2D eigenvalue weighted by atomic mass is 35.5. The lowest BCUT2D eigenvalue weighted by Gasteiger charge is -2.12. The van der Waals surface area contributed by atoms with Gasteiger partial charge in [0.2, 0.25) is 0 Å². The van der Waals surface area contributed by atoms with Crippen molar-refractivity contribution >= 4 is 57.9 Å². The number of hydrogen-bond donors (Lipinski definition) is 1. The molecule has 0 radical (unpaired) electrons. The van der Waals surface area contributed by atoms with E-state index in [1.165, 1.54) is 18.3 Å². The summed E-state index contributed by atoms with van der Waals surface area (Å²) in [7, 11) is 0. The lowest BCUT2D eigenvalue weighted by atomic mass is 10.3. The summed E-state index contributed by atoms with van der Waals surface area (Å²) in [4.78, 5) is 24.7. The molecule has 5 nitrogen and oxygen atoms in total. The number of amides is 1. The van der Waals surface area contributed by atoms with Gasteiger partial charge in [0.05, 0.1) is 6.54 Å². The molecule has 0 saturated heterocycles. The number of carbonyl (C=O) groups excluding carboxylic acids is 2. The molecule has 2 heterocycles. The Bertz CT molecular complexity index is 643. The minimum Gasteiger partial charge on any atom is -0.448 e. The second-order valence-electron chi connectivity index (χ2n) is 3.96. The Morgan fingerprint density at radius 2 is 2.24 bits per heavy atom. The van der Waals surface area contributed by atoms with E-state index in [2.05, 4.69) is 9.69 Å². The van der Waals surface area contributed by atoms with Gasteiger partial charge in [-0.1, -0.05) is 29.3 Å². The molecule has 1 amide bonds. The van der Waals surface area contributed by atoms with Gasteiger partial charge in [0.25, 0.3) is 5.91 Å². The van der Waals surface area contributed by atoms with Crippen LogP contribution in [0.3, 0.4) is 0 Å². The highest BCUT2D eigenvalue weighted by molar-refractivity contribution is 7.11. The molecule has 112 valence electrons. The number of esters is 1. The van der Waals surface area contributed by atoms with Crippen LogP contribution < -0.4 is 5.32 Å². The molecule has 21 heavy (non-hydrogen) atoms. The van der Waals surface area contributed by atoms with Gasteiger partial charge in [-0.05, 0) is 29.9 Å². The second-order valence-corrected chi connectivity index (χ2v) is 6.75. The molecule has 0 fully saturated rings. The summed E-state index contributed by atoms with van der Waals surface area (Å²) < 4.78 is 9.01. The third kappa shape index (κ3) is 4.16. The van der Waals surface area contributed by atoms with Crippen LogP contribution in [-0.4, -0.2) is 22.4 Å². The summed E-state index contributed by atoms with van der Waals surface area (Å²) >= 11 is 13.9. The smallest absolute Gasteiger partial charge is 0.360 e. The summed E-state index contributed by atoms with van der Waals surface area (Å²) in [5, 5.41) is 4.63. The zero-order valence-electron chi connectivity index (χ0n) is 10.8. The number of aromatic nitrogens is 1. The van der Waals surface area contributed by atoms with E-state index >= 15 is 0 Å². The van der Waals surface area contributed by atoms with E-state index in [9.17, 15) is 9.59 Å². The zero-order chi connectivity index (χ0) is 15.4. The van der Waals surface area contributed by atoms with Gasteiger partial charge >= 0.3 is 5.97 Å². The topological polar surface area (TPSA) is 68.3 Å². The zero-order valence-corrected chi connectivity index (χ0v) is 13.9. The summed E-state index contributed by atoms with van der Waals surface area (Å²) in [5.74, 6) is -1.17. The molecule has 0 saturated carbocycles. The summed E-state index contributed by atoms with van der Waals surface area (Å²) in [6.45, 7) is 1.87. The monoisotopic (exact) mass is 364 g/mol. The Balaban J connectivity index is 1.88. The Morgan fingerprint density at radius 3 is 2.81 bits per heavy atom. The van der Waals surface area contributed by atoms with E-state index in [4.69, 9.17) is 27.9 Å². The largest absolute Gasteiger partial charge is 0.448 e. The molecule has 1 N–H and O–H groups in total. The van der Waals surface area contributed by atoms with Crippen molar-refractivity contribution in [2.75, 3.05) is 0 Å². The quantitative estimate of drug-likeness (QED) is 0.825. The highest BCUT2D eigenvalue weighted by Gasteiger charge is 2.24. The fourth-order valence-corrected chi connectivity index (χ4v) is 3.01. The van der Waals surface area contributed by atoms with Crippen molar-refractivity contribution in [2.45, 2.75) is 19.6 Å². The maximum atomic E-state index is 11.8. The molecule has 2 aromatic heterocycles. The van der Waals surface area contributed by atoms with Crippen molar-refractivity contribution in [3.8, 4) is 0 Å². The van der Waals surface area contributed by atoms with Crippen molar-refractivity contribution in [3.05, 3.63) is 37.4 Å². The molecular formula is C12H10Cl2N2O3S2. The number of rotatable bonds is 5. The molecule has 0 unspecified atom stereocenters. The average Bonchev–Trinajstić information content (AvgIpc) is 3.07. The van der Waals surface area contributed by atoms with Crippen molar-refractivity contribution in [2.24, 2.45) is 0 Å². The van der Waals surface area contributed by atoms with Crippen LogP contribution in [0.5, 0.6) is 0 Å². The van der Waals surface area contributed by atoms with Crippen molar-refractivity contribution in [3.63, 3.8) is 0 Å². The highest BCUT2D eigenvalue weighted by Crippen LogP contribution is 2.29. The Kier molecular flexibility index (Phi) is 5.58. The van der Waals surface area contributed by atoms with Gasteiger partial charge in [0.15, 0.2) is 11.8 Å². The van der Waals surface area contributed by atoms with Gasteiger partial charge < -0.3 is 10.1 Å². The molecule has 9 heteroatoms. The van der Waals surface area contributed by atoms with E-state index in [1.807, 2.05) is 17.5 Å². The Hall–Kier alpha value is -1.15. The third-order valence-corrected chi connectivity index (χ3v) is 4.95. The minimum atomic E-state index is -0.950. The normalized spacial score (nSPS) is 12.0. The minimum absolute atomic E-state index is 0.0397. The first-order valence-electron chi connectivity index (χ1n) is 5.80. The molecular weight excluding hydrogens is 355 g/mol. The Morgan fingerprint density at radius 1 is 1.48 bits per heavy atom. The van der Waals surface area contributed by atoms with Crippen LogP contribution >= 0.6 is 46.1 Å². The maximum Gasteiger partial charge on any atom is 0.360 e. The molecule has 0 bridgehead atoms. The van der Waals surface area contributed by atoms with Crippen LogP contribution in [0, 0.1) is 0 Å². The van der Waals surface area contributed by atoms with Crippen LogP contribution in [-0.2, 0) is 16.1 Å². The van der Waals surface area contributed by atoms with Crippen LogP contribution in [0.1, 0.15) is 22.3 Å². The predicted molar refractivity (Wildman–Crippen MR) is 83.2 cm³/mol. The van der Waals surface area contributed by atoms with E-state index in [-0.39, 0.29) is 15.1 Å². The number of nitrogens with zero attached hydrogens (tertiary/aromatic N) is 1. The van der Waals surface area contributed by atoms with Crippen LogP contribution in [0.15, 0.2) is 17.5 Å². The van der Waals surface area contributed by atoms with Crippen LogP contribution in [0.2, 0.25) is 9.36 Å². The van der Waals surface area contributed by atoms with Crippen molar-refractivity contribution in [1.82, 2.24) is 9.69 Å². The summed E-state index contributed by atoms with van der Waals surface area (Å²) in [6.07, 6.45) is -0.950. The molecule has 0 spiro atoms. The second kappa shape index (κ2) is 7.22. The van der Waals surface area contributed by atoms with Crippen molar-refractivity contribution in [1.29, 1.82) is 0 Å². The fourth-order valence-electron chi connectivity index (χ4n) is 1.39. The van der Waals surface area contributed by atoms with Gasteiger partial charge in [-0.2, -0.15) is 4.37 Å². The van der Waals surface area contributed by atoms with Crippen LogP contribution in [0.4, 0.5) is 0 Å². The van der Waals surface area contributed by atoms with Crippen molar-refractivity contribution < 1.29 is 14.3 Å². The number of halogens is 2. The molecule has 0 aromatic carbocycles. The van der Waals surface area contributed by atoms with E-state index in [0.717, 1.165) is 16.4 Å². The molecule has 1 atom stereocenters. The number of nitrogens with one attached hydrogen (secondary N) is 1. The molecule has 0 aliphatic heterocycles. The molecule has 0 aliphatic rings. The summed E-state index contributed by atoms with van der Waals surface area (Å²) in [6, 6.07) is 3.79. The van der Waals surface area contributed by atoms with Crippen LogP contribution in [0.25, 0.3) is 0 Å². The average molecular weight is 365 g/mol. The first-order valence-corrected chi connectivity index (χ1v) is 8.21. The number of carbonyl (C=O) groups is 2. The first-order chi connectivity index (χ1) is 9.99. The number of thiophene rings is 1. The molecule has 0 aliphatic carbocycles. The van der Waals surface area contributed by atoms with Gasteiger partial charge in [-0.3, -0.25) is 4.79 Å². The Labute approximate surface area is 139 Å². The van der Waals surface area contributed by atoms with Gasteiger partial charge in [0.1, 0.15) is 9.36 Å². The van der Waals surface area contributed by atoms with E-state index < -0.39 is 18.0 Å². The lowest BCUT2D eigenvalue weighted by Crippen LogP contribution is -2.35. The number of hydrogen-bond acceptors (Lipinski definition) is 6. The van der Waals surface area contributed by atoms with Gasteiger partial charge in [0, 0.05) is 4.88 Å².